The van der Waals surface area contributed by atoms with Crippen LogP contribution in [-0.4, -0.2) is 27.2 Å². The highest BCUT2D eigenvalue weighted by atomic mass is 32.1. The summed E-state index contributed by atoms with van der Waals surface area (Å²) in [5.41, 5.74) is 3.04. The minimum Gasteiger partial charge on any atom is -0.341 e. The summed E-state index contributed by atoms with van der Waals surface area (Å²) in [4.78, 5) is 30.1. The number of thiazole rings is 1. The number of anilines is 1. The highest BCUT2D eigenvalue weighted by Gasteiger charge is 2.16. The number of rotatable bonds is 5. The fourth-order valence-electron chi connectivity index (χ4n) is 2.78. The predicted octanol–water partition coefficient (Wildman–Crippen LogP) is 3.82. The SMILES string of the molecule is C[C@H](NC(=O)c1ccccc1)C(=O)Nc1ccc(-c2cn3ccsc3n2)cc1. The average molecular weight is 390 g/mol. The minimum absolute atomic E-state index is 0.278. The van der Waals surface area contributed by atoms with Gasteiger partial charge in [0.05, 0.1) is 5.69 Å². The highest BCUT2D eigenvalue weighted by molar-refractivity contribution is 7.15. The third kappa shape index (κ3) is 3.79. The standard InChI is InChI=1S/C21H18N4O2S/c1-14(22-20(27)16-5-3-2-4-6-16)19(26)23-17-9-7-15(8-10-17)18-13-25-11-12-28-21(25)24-18/h2-14H,1H3,(H,22,27)(H,23,26)/t14-/m0/s1. The first-order valence-electron chi connectivity index (χ1n) is 8.79. The molecule has 0 unspecified atom stereocenters. The lowest BCUT2D eigenvalue weighted by molar-refractivity contribution is -0.117. The number of benzene rings is 2. The Morgan fingerprint density at radius 2 is 1.82 bits per heavy atom. The maximum Gasteiger partial charge on any atom is 0.251 e. The van der Waals surface area contributed by atoms with E-state index in [2.05, 4.69) is 15.6 Å². The summed E-state index contributed by atoms with van der Waals surface area (Å²) in [5.74, 6) is -0.558. The third-order valence-corrected chi connectivity index (χ3v) is 5.09. The molecule has 6 nitrogen and oxygen atoms in total. The van der Waals surface area contributed by atoms with Crippen molar-refractivity contribution in [2.75, 3.05) is 5.32 Å². The van der Waals surface area contributed by atoms with Crippen LogP contribution in [0.2, 0.25) is 0 Å². The summed E-state index contributed by atoms with van der Waals surface area (Å²) in [6.07, 6.45) is 3.94. The second-order valence-corrected chi connectivity index (χ2v) is 7.22. The van der Waals surface area contributed by atoms with E-state index in [9.17, 15) is 9.59 Å². The lowest BCUT2D eigenvalue weighted by Gasteiger charge is -2.14. The quantitative estimate of drug-likeness (QED) is 0.544. The molecule has 0 spiro atoms. The van der Waals surface area contributed by atoms with Gasteiger partial charge >= 0.3 is 0 Å². The van der Waals surface area contributed by atoms with Crippen molar-refractivity contribution in [1.82, 2.24) is 14.7 Å². The van der Waals surface area contributed by atoms with Gasteiger partial charge in [0.2, 0.25) is 5.91 Å². The van der Waals surface area contributed by atoms with Gasteiger partial charge < -0.3 is 10.6 Å². The van der Waals surface area contributed by atoms with Crippen LogP contribution in [0.3, 0.4) is 0 Å². The van der Waals surface area contributed by atoms with E-state index in [0.717, 1.165) is 16.2 Å². The Bertz CT molecular complexity index is 1090. The van der Waals surface area contributed by atoms with Gasteiger partial charge in [-0.15, -0.1) is 11.3 Å². The smallest absolute Gasteiger partial charge is 0.251 e. The van der Waals surface area contributed by atoms with Crippen LogP contribution >= 0.6 is 11.3 Å². The summed E-state index contributed by atoms with van der Waals surface area (Å²) < 4.78 is 1.98. The molecule has 0 fully saturated rings. The zero-order chi connectivity index (χ0) is 19.5. The second-order valence-electron chi connectivity index (χ2n) is 6.35. The molecule has 2 aromatic carbocycles. The van der Waals surface area contributed by atoms with Gasteiger partial charge in [-0.05, 0) is 31.2 Å². The number of nitrogens with zero attached hydrogens (tertiary/aromatic N) is 2. The van der Waals surface area contributed by atoms with Crippen LogP contribution < -0.4 is 10.6 Å². The second kappa shape index (κ2) is 7.66. The summed E-state index contributed by atoms with van der Waals surface area (Å²) in [6.45, 7) is 1.66. The molecule has 2 heterocycles. The van der Waals surface area contributed by atoms with E-state index in [0.29, 0.717) is 11.3 Å². The number of imidazole rings is 1. The molecule has 0 saturated heterocycles. The van der Waals surface area contributed by atoms with Crippen LogP contribution in [0.1, 0.15) is 17.3 Å². The Balaban J connectivity index is 1.38. The van der Waals surface area contributed by atoms with Gasteiger partial charge in [0, 0.05) is 34.6 Å². The maximum atomic E-state index is 12.4. The number of aromatic nitrogens is 2. The molecule has 4 aromatic rings. The lowest BCUT2D eigenvalue weighted by Crippen LogP contribution is -2.41. The molecule has 0 radical (unpaired) electrons. The van der Waals surface area contributed by atoms with Crippen molar-refractivity contribution >= 4 is 33.8 Å². The molecule has 28 heavy (non-hydrogen) atoms. The summed E-state index contributed by atoms with van der Waals surface area (Å²) in [5, 5.41) is 7.51. The van der Waals surface area contributed by atoms with Gasteiger partial charge in [-0.25, -0.2) is 4.98 Å². The molecule has 7 heteroatoms. The normalized spacial score (nSPS) is 11.9. The van der Waals surface area contributed by atoms with Crippen LogP contribution in [0, 0.1) is 0 Å². The van der Waals surface area contributed by atoms with Gasteiger partial charge in [0.1, 0.15) is 6.04 Å². The highest BCUT2D eigenvalue weighted by Crippen LogP contribution is 2.23. The van der Waals surface area contributed by atoms with Crippen molar-refractivity contribution in [3.63, 3.8) is 0 Å². The number of amides is 2. The van der Waals surface area contributed by atoms with Crippen LogP contribution in [0.25, 0.3) is 16.2 Å². The third-order valence-electron chi connectivity index (χ3n) is 4.32. The van der Waals surface area contributed by atoms with E-state index >= 15 is 0 Å². The van der Waals surface area contributed by atoms with Crippen molar-refractivity contribution in [2.45, 2.75) is 13.0 Å². The lowest BCUT2D eigenvalue weighted by atomic mass is 10.1. The molecule has 1 atom stereocenters. The van der Waals surface area contributed by atoms with E-state index in [-0.39, 0.29) is 11.8 Å². The van der Waals surface area contributed by atoms with Crippen LogP contribution in [-0.2, 0) is 4.79 Å². The Hall–Kier alpha value is -3.45. The maximum absolute atomic E-state index is 12.4. The predicted molar refractivity (Wildman–Crippen MR) is 111 cm³/mol. The summed E-state index contributed by atoms with van der Waals surface area (Å²) in [6, 6.07) is 15.6. The Kier molecular flexibility index (Phi) is 4.90. The number of fused-ring (bicyclic) bond motifs is 1. The first-order chi connectivity index (χ1) is 13.6. The van der Waals surface area contributed by atoms with E-state index in [1.54, 1.807) is 42.5 Å². The molecule has 0 saturated carbocycles. The number of carbonyl (C=O) groups excluding carboxylic acids is 2. The van der Waals surface area contributed by atoms with Gasteiger partial charge in [-0.1, -0.05) is 30.3 Å². The number of carbonyl (C=O) groups is 2. The fraction of sp³-hybridized carbons (Fsp3) is 0.0952. The van der Waals surface area contributed by atoms with Crippen molar-refractivity contribution < 1.29 is 9.59 Å². The van der Waals surface area contributed by atoms with Gasteiger partial charge in [-0.2, -0.15) is 0 Å². The van der Waals surface area contributed by atoms with Crippen LogP contribution in [0.5, 0.6) is 0 Å². The monoisotopic (exact) mass is 390 g/mol. The number of nitrogens with one attached hydrogen (secondary N) is 2. The number of hydrogen-bond donors (Lipinski definition) is 2. The Morgan fingerprint density at radius 3 is 2.54 bits per heavy atom. The first-order valence-corrected chi connectivity index (χ1v) is 9.67. The van der Waals surface area contributed by atoms with E-state index in [1.165, 1.54) is 0 Å². The van der Waals surface area contributed by atoms with Crippen molar-refractivity contribution in [1.29, 1.82) is 0 Å². The van der Waals surface area contributed by atoms with E-state index in [4.69, 9.17) is 0 Å². The number of hydrogen-bond acceptors (Lipinski definition) is 4. The molecular formula is C21H18N4O2S. The zero-order valence-corrected chi connectivity index (χ0v) is 15.9. The Labute approximate surface area is 165 Å². The molecule has 140 valence electrons. The van der Waals surface area contributed by atoms with Crippen LogP contribution in [0.4, 0.5) is 5.69 Å². The molecule has 2 amide bonds. The van der Waals surface area contributed by atoms with Crippen LogP contribution in [0.15, 0.2) is 72.4 Å². The van der Waals surface area contributed by atoms with Gasteiger partial charge in [0.15, 0.2) is 4.96 Å². The molecule has 2 N–H and O–H groups in total. The average Bonchev–Trinajstić information content (AvgIpc) is 3.31. The molecule has 4 rings (SSSR count). The molecule has 2 aromatic heterocycles. The molecule has 0 aliphatic carbocycles. The molecule has 0 aliphatic rings. The van der Waals surface area contributed by atoms with Gasteiger partial charge in [-0.3, -0.25) is 14.0 Å². The Morgan fingerprint density at radius 1 is 1.07 bits per heavy atom. The van der Waals surface area contributed by atoms with E-state index in [1.807, 2.05) is 52.5 Å². The van der Waals surface area contributed by atoms with Crippen molar-refractivity contribution in [3.05, 3.63) is 77.9 Å². The first kappa shape index (κ1) is 17.9. The van der Waals surface area contributed by atoms with E-state index < -0.39 is 6.04 Å². The zero-order valence-electron chi connectivity index (χ0n) is 15.1. The fourth-order valence-corrected chi connectivity index (χ4v) is 3.48. The van der Waals surface area contributed by atoms with Crippen molar-refractivity contribution in [3.8, 4) is 11.3 Å². The minimum atomic E-state index is -0.660. The molecular weight excluding hydrogens is 372 g/mol. The summed E-state index contributed by atoms with van der Waals surface area (Å²) >= 11 is 1.58. The molecule has 0 aliphatic heterocycles. The topological polar surface area (TPSA) is 75.5 Å². The van der Waals surface area contributed by atoms with Gasteiger partial charge in [0.25, 0.3) is 5.91 Å². The largest absolute Gasteiger partial charge is 0.341 e. The van der Waals surface area contributed by atoms with Crippen molar-refractivity contribution in [2.24, 2.45) is 0 Å². The molecule has 0 bridgehead atoms. The summed E-state index contributed by atoms with van der Waals surface area (Å²) in [7, 11) is 0.